The zero-order valence-electron chi connectivity index (χ0n) is 16.8. The van der Waals surface area contributed by atoms with Crippen LogP contribution >= 0.6 is 0 Å². The van der Waals surface area contributed by atoms with Crippen molar-refractivity contribution in [3.05, 3.63) is 63.7 Å². The lowest BCUT2D eigenvalue weighted by Gasteiger charge is -2.15. The molecule has 2 aromatic rings. The summed E-state index contributed by atoms with van der Waals surface area (Å²) in [6, 6.07) is 9.03. The largest absolute Gasteiger partial charge is 0.480 e. The van der Waals surface area contributed by atoms with Gasteiger partial charge in [-0.2, -0.15) is 0 Å². The van der Waals surface area contributed by atoms with Crippen LogP contribution in [0.4, 0.5) is 5.69 Å². The molecule has 1 heterocycles. The molecule has 1 aliphatic heterocycles. The Bertz CT molecular complexity index is 1020. The maximum absolute atomic E-state index is 11.6. The molecule has 4 N–H and O–H groups in total. The van der Waals surface area contributed by atoms with Crippen molar-refractivity contribution >= 4 is 23.7 Å². The number of aliphatic carboxylic acids is 1. The van der Waals surface area contributed by atoms with Crippen LogP contribution in [0.2, 0.25) is 0 Å². The fourth-order valence-corrected chi connectivity index (χ4v) is 3.34. The quantitative estimate of drug-likeness (QED) is 0.208. The van der Waals surface area contributed by atoms with E-state index in [4.69, 9.17) is 20.3 Å². The number of nitrogens with one attached hydrogen (secondary N) is 1. The Balaban J connectivity index is 1.69. The molecule has 11 nitrogen and oxygen atoms in total. The lowest BCUT2D eigenvalue weighted by molar-refractivity contribution is -0.385. The summed E-state index contributed by atoms with van der Waals surface area (Å²) in [5.74, 6) is -1.19. The molecule has 32 heavy (non-hydrogen) atoms. The molecule has 3 rings (SSSR count). The molecule has 0 amide bonds. The number of nitrogens with two attached hydrogens (primary N) is 1. The minimum Gasteiger partial charge on any atom is -0.480 e. The van der Waals surface area contributed by atoms with Gasteiger partial charge in [0.2, 0.25) is 5.78 Å². The van der Waals surface area contributed by atoms with Crippen LogP contribution in [-0.4, -0.2) is 53.0 Å². The zero-order valence-corrected chi connectivity index (χ0v) is 16.8. The highest BCUT2D eigenvalue weighted by Crippen LogP contribution is 2.29. The fourth-order valence-electron chi connectivity index (χ4n) is 3.34. The Hall–Kier alpha value is -3.67. The number of hydrogen-bond acceptors (Lipinski definition) is 9. The maximum atomic E-state index is 11.6. The van der Waals surface area contributed by atoms with Gasteiger partial charge in [-0.25, -0.2) is 0 Å². The number of benzene rings is 2. The molecular weight excluding hydrogens is 422 g/mol. The number of carbonyl (C=O) groups excluding carboxylic acids is 2. The van der Waals surface area contributed by atoms with Crippen molar-refractivity contribution < 1.29 is 33.9 Å². The average molecular weight is 443 g/mol. The number of hydrogen-bond donors (Lipinski definition) is 3. The Kier molecular flexibility index (Phi) is 7.25. The van der Waals surface area contributed by atoms with Crippen molar-refractivity contribution in [2.24, 2.45) is 5.73 Å². The summed E-state index contributed by atoms with van der Waals surface area (Å²) in [6.45, 7) is 0.183. The van der Waals surface area contributed by atoms with Gasteiger partial charge in [0.15, 0.2) is 6.29 Å². The number of ether oxygens (including phenoxy) is 2. The van der Waals surface area contributed by atoms with Crippen molar-refractivity contribution in [1.29, 1.82) is 0 Å². The van der Waals surface area contributed by atoms with E-state index in [0.717, 1.165) is 5.56 Å². The number of ketones is 1. The van der Waals surface area contributed by atoms with E-state index in [9.17, 15) is 24.5 Å². The maximum Gasteiger partial charge on any atom is 0.320 e. The molecule has 1 fully saturated rings. The monoisotopic (exact) mass is 443 g/mol. The third kappa shape index (κ3) is 5.52. The van der Waals surface area contributed by atoms with Crippen LogP contribution in [-0.2, 0) is 32.0 Å². The first-order chi connectivity index (χ1) is 15.3. The number of Topliss-reactive ketones (excluding diaryl/α,β-unsaturated/α-hetero) is 1. The van der Waals surface area contributed by atoms with Gasteiger partial charge in [0.05, 0.1) is 23.8 Å². The van der Waals surface area contributed by atoms with Gasteiger partial charge >= 0.3 is 5.97 Å². The van der Waals surface area contributed by atoms with Gasteiger partial charge < -0.3 is 20.3 Å². The number of carbonyl (C=O) groups is 3. The summed E-state index contributed by atoms with van der Waals surface area (Å²) in [7, 11) is 0. The third-order valence-corrected chi connectivity index (χ3v) is 5.00. The van der Waals surface area contributed by atoms with E-state index in [1.807, 2.05) is 0 Å². The second-order valence-corrected chi connectivity index (χ2v) is 7.20. The second kappa shape index (κ2) is 10.1. The lowest BCUT2D eigenvalue weighted by atomic mass is 10.00. The Morgan fingerprint density at radius 1 is 1.28 bits per heavy atom. The van der Waals surface area contributed by atoms with Crippen LogP contribution in [0.15, 0.2) is 42.5 Å². The van der Waals surface area contributed by atoms with Crippen molar-refractivity contribution in [3.63, 3.8) is 0 Å². The molecule has 1 saturated heterocycles. The smallest absolute Gasteiger partial charge is 0.320 e. The van der Waals surface area contributed by atoms with Gasteiger partial charge in [0.1, 0.15) is 23.6 Å². The lowest BCUT2D eigenvalue weighted by Crippen LogP contribution is -2.40. The predicted molar refractivity (Wildman–Crippen MR) is 110 cm³/mol. The highest BCUT2D eigenvalue weighted by molar-refractivity contribution is 6.27. The molecule has 2 aromatic carbocycles. The number of nitrogens with zero attached hydrogens (tertiary/aromatic N) is 1. The van der Waals surface area contributed by atoms with Gasteiger partial charge in [-0.05, 0) is 29.8 Å². The Labute approximate surface area is 182 Å². The zero-order chi connectivity index (χ0) is 23.3. The summed E-state index contributed by atoms with van der Waals surface area (Å²) < 4.78 is 11.2. The minimum atomic E-state index is -1.26. The molecule has 0 bridgehead atoms. The normalized spacial score (nSPS) is 18.7. The molecule has 0 aliphatic carbocycles. The highest BCUT2D eigenvalue weighted by Gasteiger charge is 2.33. The van der Waals surface area contributed by atoms with Crippen LogP contribution in [0.3, 0.4) is 0 Å². The number of rotatable bonds is 10. The molecule has 0 saturated carbocycles. The minimum absolute atomic E-state index is 0.183. The number of carboxylic acids is 1. The molecule has 1 aliphatic rings. The van der Waals surface area contributed by atoms with Crippen molar-refractivity contribution in [3.8, 4) is 11.5 Å². The van der Waals surface area contributed by atoms with E-state index < -0.39 is 34.9 Å². The number of nitro benzene ring substituents is 1. The van der Waals surface area contributed by atoms with E-state index in [-0.39, 0.29) is 36.4 Å². The summed E-state index contributed by atoms with van der Waals surface area (Å²) in [5.41, 5.74) is 6.24. The molecule has 11 heteroatoms. The van der Waals surface area contributed by atoms with Gasteiger partial charge in [0, 0.05) is 18.4 Å². The van der Waals surface area contributed by atoms with Gasteiger partial charge in [-0.3, -0.25) is 29.8 Å². The molecule has 3 atom stereocenters. The van der Waals surface area contributed by atoms with E-state index in [2.05, 4.69) is 5.32 Å². The SMILES string of the molecule is NC(Cc1ccc(Oc2ccc(CC3OCNC3C(=O)C=O)cc2)cc1[N+](=O)[O-])C(=O)O. The van der Waals surface area contributed by atoms with Gasteiger partial charge in [-0.1, -0.05) is 12.1 Å². The van der Waals surface area contributed by atoms with Crippen molar-refractivity contribution in [1.82, 2.24) is 5.32 Å². The summed E-state index contributed by atoms with van der Waals surface area (Å²) in [6.07, 6.45) is 0.0241. The highest BCUT2D eigenvalue weighted by atomic mass is 16.6. The first kappa shape index (κ1) is 23.0. The van der Waals surface area contributed by atoms with Crippen molar-refractivity contribution in [2.75, 3.05) is 6.73 Å². The third-order valence-electron chi connectivity index (χ3n) is 5.00. The van der Waals surface area contributed by atoms with Crippen molar-refractivity contribution in [2.45, 2.75) is 31.0 Å². The molecular formula is C21H21N3O8. The first-order valence-electron chi connectivity index (χ1n) is 9.65. The van der Waals surface area contributed by atoms with E-state index in [1.54, 1.807) is 24.3 Å². The van der Waals surface area contributed by atoms with E-state index in [1.165, 1.54) is 18.2 Å². The molecule has 3 unspecified atom stereocenters. The predicted octanol–water partition coefficient (Wildman–Crippen LogP) is 0.966. The Morgan fingerprint density at radius 3 is 2.59 bits per heavy atom. The second-order valence-electron chi connectivity index (χ2n) is 7.20. The van der Waals surface area contributed by atoms with Gasteiger partial charge in [-0.15, -0.1) is 0 Å². The van der Waals surface area contributed by atoms with Crippen LogP contribution in [0.5, 0.6) is 11.5 Å². The first-order valence-corrected chi connectivity index (χ1v) is 9.65. The Morgan fingerprint density at radius 2 is 1.97 bits per heavy atom. The average Bonchev–Trinajstić information content (AvgIpc) is 3.23. The van der Waals surface area contributed by atoms with E-state index >= 15 is 0 Å². The summed E-state index contributed by atoms with van der Waals surface area (Å²) in [4.78, 5) is 44.1. The van der Waals surface area contributed by atoms with Crippen LogP contribution < -0.4 is 15.8 Å². The van der Waals surface area contributed by atoms with Crippen LogP contribution in [0, 0.1) is 10.1 Å². The number of carboxylic acid groups (broad SMARTS) is 1. The van der Waals surface area contributed by atoms with Crippen LogP contribution in [0.1, 0.15) is 11.1 Å². The van der Waals surface area contributed by atoms with Crippen LogP contribution in [0.25, 0.3) is 0 Å². The fraction of sp³-hybridized carbons (Fsp3) is 0.286. The molecule has 0 aromatic heterocycles. The number of nitro groups is 1. The summed E-state index contributed by atoms with van der Waals surface area (Å²) in [5, 5.41) is 23.1. The molecule has 168 valence electrons. The number of aldehydes is 1. The van der Waals surface area contributed by atoms with Gasteiger partial charge in [0.25, 0.3) is 5.69 Å². The topological polar surface area (TPSA) is 171 Å². The standard InChI is InChI=1S/C21H21N3O8/c22-16(21(27)28)8-13-3-6-15(9-17(13)24(29)30)32-14-4-1-12(2-5-14)7-19-20(18(26)10-25)23-11-31-19/h1-6,9-10,16,19-20,23H,7-8,11,22H2,(H,27,28). The molecule has 0 spiro atoms. The molecule has 0 radical (unpaired) electrons. The van der Waals surface area contributed by atoms with E-state index in [0.29, 0.717) is 12.2 Å². The summed E-state index contributed by atoms with van der Waals surface area (Å²) >= 11 is 0.